The van der Waals surface area contributed by atoms with Gasteiger partial charge < -0.3 is 10.1 Å². The van der Waals surface area contributed by atoms with Crippen molar-refractivity contribution in [2.45, 2.75) is 19.4 Å². The standard InChI is InChI=1S/C14H18N2OS/c1-10(15-2)13-9-18-14(16-13)8-11-5-4-6-12(7-11)17-3/h4-7,9-10,15H,8H2,1-3H3. The van der Waals surface area contributed by atoms with E-state index in [1.165, 1.54) is 5.56 Å². The molecule has 0 bridgehead atoms. The molecule has 0 saturated heterocycles. The lowest BCUT2D eigenvalue weighted by molar-refractivity contribution is 0.414. The summed E-state index contributed by atoms with van der Waals surface area (Å²) >= 11 is 1.71. The van der Waals surface area contributed by atoms with Gasteiger partial charge in [0.05, 0.1) is 17.8 Å². The number of benzene rings is 1. The summed E-state index contributed by atoms with van der Waals surface area (Å²) in [6.45, 7) is 2.12. The molecule has 1 unspecified atom stereocenters. The molecule has 96 valence electrons. The number of hydrogen-bond acceptors (Lipinski definition) is 4. The summed E-state index contributed by atoms with van der Waals surface area (Å²) in [5.41, 5.74) is 2.34. The summed E-state index contributed by atoms with van der Waals surface area (Å²) in [4.78, 5) is 4.65. The van der Waals surface area contributed by atoms with Gasteiger partial charge >= 0.3 is 0 Å². The van der Waals surface area contributed by atoms with Gasteiger partial charge in [0.25, 0.3) is 0 Å². The molecule has 3 nitrogen and oxygen atoms in total. The molecule has 18 heavy (non-hydrogen) atoms. The predicted octanol–water partition coefficient (Wildman–Crippen LogP) is 3.02. The third-order valence-electron chi connectivity index (χ3n) is 2.94. The van der Waals surface area contributed by atoms with Crippen LogP contribution in [-0.2, 0) is 6.42 Å². The van der Waals surface area contributed by atoms with Gasteiger partial charge in [0.2, 0.25) is 0 Å². The van der Waals surface area contributed by atoms with Gasteiger partial charge in [-0.2, -0.15) is 0 Å². The smallest absolute Gasteiger partial charge is 0.119 e. The summed E-state index contributed by atoms with van der Waals surface area (Å²) in [6, 6.07) is 8.44. The van der Waals surface area contributed by atoms with Crippen molar-refractivity contribution in [3.63, 3.8) is 0 Å². The zero-order valence-electron chi connectivity index (χ0n) is 10.9. The van der Waals surface area contributed by atoms with Crippen molar-refractivity contribution in [1.29, 1.82) is 0 Å². The quantitative estimate of drug-likeness (QED) is 0.899. The SMILES string of the molecule is CNC(C)c1csc(Cc2cccc(OC)c2)n1. The Balaban J connectivity index is 2.11. The van der Waals surface area contributed by atoms with Gasteiger partial charge in [-0.05, 0) is 31.7 Å². The van der Waals surface area contributed by atoms with Gasteiger partial charge in [-0.15, -0.1) is 11.3 Å². The van der Waals surface area contributed by atoms with Gasteiger partial charge in [-0.1, -0.05) is 12.1 Å². The van der Waals surface area contributed by atoms with Gasteiger partial charge in [0, 0.05) is 17.8 Å². The van der Waals surface area contributed by atoms with E-state index in [4.69, 9.17) is 4.74 Å². The molecule has 1 aromatic carbocycles. The van der Waals surface area contributed by atoms with Crippen LogP contribution in [0, 0.1) is 0 Å². The maximum atomic E-state index is 5.23. The first-order valence-electron chi connectivity index (χ1n) is 5.97. The second-order valence-electron chi connectivity index (χ2n) is 4.20. The zero-order valence-corrected chi connectivity index (χ0v) is 11.8. The van der Waals surface area contributed by atoms with Crippen LogP contribution in [0.1, 0.15) is 29.2 Å². The van der Waals surface area contributed by atoms with Crippen molar-refractivity contribution < 1.29 is 4.74 Å². The third kappa shape index (κ3) is 3.09. The Labute approximate surface area is 112 Å². The zero-order chi connectivity index (χ0) is 13.0. The number of aromatic nitrogens is 1. The molecule has 4 heteroatoms. The van der Waals surface area contributed by atoms with E-state index in [1.807, 2.05) is 19.2 Å². The van der Waals surface area contributed by atoms with Crippen molar-refractivity contribution >= 4 is 11.3 Å². The number of thiazole rings is 1. The summed E-state index contributed by atoms with van der Waals surface area (Å²) in [5.74, 6) is 0.896. The minimum Gasteiger partial charge on any atom is -0.497 e. The molecule has 2 rings (SSSR count). The molecule has 1 heterocycles. The van der Waals surface area contributed by atoms with Gasteiger partial charge in [0.1, 0.15) is 5.75 Å². The second-order valence-corrected chi connectivity index (χ2v) is 5.15. The lowest BCUT2D eigenvalue weighted by atomic mass is 10.1. The highest BCUT2D eigenvalue weighted by Crippen LogP contribution is 2.21. The van der Waals surface area contributed by atoms with Crippen LogP contribution >= 0.6 is 11.3 Å². The lowest BCUT2D eigenvalue weighted by Gasteiger charge is -2.05. The van der Waals surface area contributed by atoms with Crippen LogP contribution in [0.15, 0.2) is 29.6 Å². The van der Waals surface area contributed by atoms with Crippen molar-refractivity contribution in [2.24, 2.45) is 0 Å². The number of methoxy groups -OCH3 is 1. The molecule has 0 aliphatic carbocycles. The molecule has 1 atom stereocenters. The average molecular weight is 262 g/mol. The topological polar surface area (TPSA) is 34.1 Å². The number of nitrogens with zero attached hydrogens (tertiary/aromatic N) is 1. The van der Waals surface area contributed by atoms with Crippen molar-refractivity contribution in [3.05, 3.63) is 45.9 Å². The van der Waals surface area contributed by atoms with Crippen LogP contribution in [0.3, 0.4) is 0 Å². The van der Waals surface area contributed by atoms with E-state index >= 15 is 0 Å². The number of rotatable bonds is 5. The van der Waals surface area contributed by atoms with Gasteiger partial charge in [-0.3, -0.25) is 0 Å². The van der Waals surface area contributed by atoms with E-state index in [2.05, 4.69) is 34.7 Å². The summed E-state index contributed by atoms with van der Waals surface area (Å²) in [5, 5.41) is 6.46. The van der Waals surface area contributed by atoms with E-state index in [1.54, 1.807) is 18.4 Å². The van der Waals surface area contributed by atoms with Crippen LogP contribution in [-0.4, -0.2) is 19.1 Å². The fourth-order valence-electron chi connectivity index (χ4n) is 1.71. The summed E-state index contributed by atoms with van der Waals surface area (Å²) in [7, 11) is 3.64. The largest absolute Gasteiger partial charge is 0.497 e. The molecule has 2 aromatic rings. The average Bonchev–Trinajstić information content (AvgIpc) is 2.86. The number of ether oxygens (including phenoxy) is 1. The van der Waals surface area contributed by atoms with Crippen LogP contribution < -0.4 is 10.1 Å². The summed E-state index contributed by atoms with van der Waals surface area (Å²) in [6.07, 6.45) is 0.859. The van der Waals surface area contributed by atoms with Crippen LogP contribution in [0.5, 0.6) is 5.75 Å². The Kier molecular flexibility index (Phi) is 4.33. The van der Waals surface area contributed by atoms with Crippen LogP contribution in [0.25, 0.3) is 0 Å². The Morgan fingerprint density at radius 1 is 1.44 bits per heavy atom. The highest BCUT2D eigenvalue weighted by molar-refractivity contribution is 7.09. The Morgan fingerprint density at radius 2 is 2.28 bits per heavy atom. The number of nitrogens with one attached hydrogen (secondary N) is 1. The predicted molar refractivity (Wildman–Crippen MR) is 75.4 cm³/mol. The fourth-order valence-corrected chi connectivity index (χ4v) is 2.63. The third-order valence-corrected chi connectivity index (χ3v) is 3.80. The first kappa shape index (κ1) is 13.1. The maximum Gasteiger partial charge on any atom is 0.119 e. The molecular weight excluding hydrogens is 244 g/mol. The van der Waals surface area contributed by atoms with E-state index in [0.29, 0.717) is 6.04 Å². The molecular formula is C14H18N2OS. The normalized spacial score (nSPS) is 12.4. The highest BCUT2D eigenvalue weighted by Gasteiger charge is 2.08. The second kappa shape index (κ2) is 5.98. The molecule has 0 aliphatic rings. The van der Waals surface area contributed by atoms with E-state index in [9.17, 15) is 0 Å². The Morgan fingerprint density at radius 3 is 3.00 bits per heavy atom. The minimum absolute atomic E-state index is 0.306. The molecule has 1 aromatic heterocycles. The molecule has 0 radical (unpaired) electrons. The first-order chi connectivity index (χ1) is 8.72. The Bertz CT molecular complexity index is 510. The fraction of sp³-hybridized carbons (Fsp3) is 0.357. The molecule has 0 saturated carbocycles. The molecule has 0 aliphatic heterocycles. The minimum atomic E-state index is 0.306. The molecule has 0 fully saturated rings. The molecule has 0 amide bonds. The van der Waals surface area contributed by atoms with Crippen molar-refractivity contribution in [1.82, 2.24) is 10.3 Å². The van der Waals surface area contributed by atoms with Crippen molar-refractivity contribution in [2.75, 3.05) is 14.2 Å². The Hall–Kier alpha value is -1.39. The van der Waals surface area contributed by atoms with Crippen molar-refractivity contribution in [3.8, 4) is 5.75 Å². The number of hydrogen-bond donors (Lipinski definition) is 1. The van der Waals surface area contributed by atoms with E-state index in [-0.39, 0.29) is 0 Å². The monoisotopic (exact) mass is 262 g/mol. The lowest BCUT2D eigenvalue weighted by Crippen LogP contribution is -2.12. The maximum absolute atomic E-state index is 5.23. The first-order valence-corrected chi connectivity index (χ1v) is 6.85. The van der Waals surface area contributed by atoms with E-state index in [0.717, 1.165) is 22.9 Å². The van der Waals surface area contributed by atoms with Gasteiger partial charge in [0.15, 0.2) is 0 Å². The van der Waals surface area contributed by atoms with Crippen LogP contribution in [0.4, 0.5) is 0 Å². The van der Waals surface area contributed by atoms with Crippen LogP contribution in [0.2, 0.25) is 0 Å². The highest BCUT2D eigenvalue weighted by atomic mass is 32.1. The summed E-state index contributed by atoms with van der Waals surface area (Å²) < 4.78 is 5.23. The molecule has 0 spiro atoms. The molecule has 1 N–H and O–H groups in total. The van der Waals surface area contributed by atoms with Gasteiger partial charge in [-0.25, -0.2) is 4.98 Å². The van der Waals surface area contributed by atoms with E-state index < -0.39 is 0 Å².